The van der Waals surface area contributed by atoms with E-state index in [1.54, 1.807) is 18.3 Å². The van der Waals surface area contributed by atoms with Crippen molar-refractivity contribution in [2.24, 2.45) is 0 Å². The summed E-state index contributed by atoms with van der Waals surface area (Å²) >= 11 is 0. The molecule has 0 radical (unpaired) electrons. The van der Waals surface area contributed by atoms with Crippen molar-refractivity contribution in [3.05, 3.63) is 12.4 Å². The molecule has 1 N–H and O–H groups in total. The van der Waals surface area contributed by atoms with Crippen LogP contribution in [-0.4, -0.2) is 77.5 Å². The molecular formula is C17H25N5O3. The molecule has 4 heterocycles. The molecule has 0 aromatic carbocycles. The van der Waals surface area contributed by atoms with Crippen LogP contribution in [0.15, 0.2) is 12.4 Å². The maximum atomic E-state index is 11.8. The molecule has 25 heavy (non-hydrogen) atoms. The molecule has 1 atom stereocenters. The van der Waals surface area contributed by atoms with Crippen LogP contribution in [0, 0.1) is 0 Å². The topological polar surface area (TPSA) is 82.0 Å². The van der Waals surface area contributed by atoms with Crippen LogP contribution in [0.5, 0.6) is 0 Å². The SMILES string of the molecule is CN1CC2(CCCN(c3cc(N4CCC(O)CC4)ncn3)C2)OC1=O. The van der Waals surface area contributed by atoms with Gasteiger partial charge < -0.3 is 24.5 Å². The number of likely N-dealkylation sites (N-methyl/N-ethyl adjacent to an activating group) is 1. The molecule has 3 aliphatic heterocycles. The summed E-state index contributed by atoms with van der Waals surface area (Å²) in [5.41, 5.74) is -0.426. The summed E-state index contributed by atoms with van der Waals surface area (Å²) in [5, 5.41) is 9.68. The van der Waals surface area contributed by atoms with Gasteiger partial charge in [-0.2, -0.15) is 0 Å². The number of hydrogen-bond acceptors (Lipinski definition) is 7. The molecule has 0 saturated carbocycles. The molecule has 0 bridgehead atoms. The number of aliphatic hydroxyl groups is 1. The number of aromatic nitrogens is 2. The summed E-state index contributed by atoms with van der Waals surface area (Å²) in [6.45, 7) is 3.81. The van der Waals surface area contributed by atoms with Crippen LogP contribution in [0.3, 0.4) is 0 Å². The van der Waals surface area contributed by atoms with Gasteiger partial charge in [-0.3, -0.25) is 0 Å². The van der Waals surface area contributed by atoms with Gasteiger partial charge in [-0.05, 0) is 25.7 Å². The Morgan fingerprint density at radius 3 is 2.56 bits per heavy atom. The Hall–Kier alpha value is -2.09. The van der Waals surface area contributed by atoms with Gasteiger partial charge in [0.25, 0.3) is 0 Å². The number of anilines is 2. The summed E-state index contributed by atoms with van der Waals surface area (Å²) in [7, 11) is 1.78. The minimum atomic E-state index is -0.426. The van der Waals surface area contributed by atoms with Gasteiger partial charge in [-0.15, -0.1) is 0 Å². The van der Waals surface area contributed by atoms with E-state index in [0.29, 0.717) is 13.1 Å². The van der Waals surface area contributed by atoms with E-state index in [2.05, 4.69) is 19.8 Å². The molecule has 1 aromatic rings. The van der Waals surface area contributed by atoms with Gasteiger partial charge in [0.05, 0.1) is 19.2 Å². The average molecular weight is 347 g/mol. The molecule has 4 rings (SSSR count). The fourth-order valence-electron chi connectivity index (χ4n) is 4.08. The molecule has 8 nitrogen and oxygen atoms in total. The van der Waals surface area contributed by atoms with Crippen molar-refractivity contribution in [1.82, 2.24) is 14.9 Å². The van der Waals surface area contributed by atoms with Gasteiger partial charge in [0.2, 0.25) is 0 Å². The Kier molecular flexibility index (Phi) is 4.15. The zero-order valence-corrected chi connectivity index (χ0v) is 14.6. The summed E-state index contributed by atoms with van der Waals surface area (Å²) < 4.78 is 5.68. The molecule has 3 aliphatic rings. The fraction of sp³-hybridized carbons (Fsp3) is 0.706. The van der Waals surface area contributed by atoms with Crippen LogP contribution in [-0.2, 0) is 4.74 Å². The highest BCUT2D eigenvalue weighted by Gasteiger charge is 2.46. The Balaban J connectivity index is 1.50. The smallest absolute Gasteiger partial charge is 0.410 e. The molecule has 3 saturated heterocycles. The molecule has 1 spiro atoms. The predicted octanol–water partition coefficient (Wildman–Crippen LogP) is 0.859. The van der Waals surface area contributed by atoms with Gasteiger partial charge in [-0.25, -0.2) is 14.8 Å². The fourth-order valence-corrected chi connectivity index (χ4v) is 4.08. The average Bonchev–Trinajstić information content (AvgIpc) is 2.89. The summed E-state index contributed by atoms with van der Waals surface area (Å²) in [6, 6.07) is 2.01. The molecule has 1 amide bonds. The van der Waals surface area contributed by atoms with E-state index in [1.807, 2.05) is 6.07 Å². The Labute approximate surface area is 147 Å². The van der Waals surface area contributed by atoms with Gasteiger partial charge >= 0.3 is 6.09 Å². The molecule has 1 aromatic heterocycles. The number of carbonyl (C=O) groups is 1. The minimum Gasteiger partial charge on any atom is -0.439 e. The van der Waals surface area contributed by atoms with Crippen molar-refractivity contribution < 1.29 is 14.6 Å². The minimum absolute atomic E-state index is 0.200. The van der Waals surface area contributed by atoms with Crippen LogP contribution in [0.1, 0.15) is 25.7 Å². The maximum absolute atomic E-state index is 11.8. The van der Waals surface area contributed by atoms with Gasteiger partial charge in [0.15, 0.2) is 0 Å². The molecule has 136 valence electrons. The highest BCUT2D eigenvalue weighted by Crippen LogP contribution is 2.33. The van der Waals surface area contributed by atoms with Gasteiger partial charge in [-0.1, -0.05) is 0 Å². The summed E-state index contributed by atoms with van der Waals surface area (Å²) in [4.78, 5) is 26.7. The monoisotopic (exact) mass is 347 g/mol. The normalized spacial score (nSPS) is 27.9. The number of hydrogen-bond donors (Lipinski definition) is 1. The largest absolute Gasteiger partial charge is 0.439 e. The van der Waals surface area contributed by atoms with E-state index in [9.17, 15) is 9.90 Å². The van der Waals surface area contributed by atoms with E-state index in [4.69, 9.17) is 4.74 Å². The highest BCUT2D eigenvalue weighted by atomic mass is 16.6. The molecule has 3 fully saturated rings. The van der Waals surface area contributed by atoms with Crippen molar-refractivity contribution in [3.63, 3.8) is 0 Å². The van der Waals surface area contributed by atoms with E-state index in [0.717, 1.165) is 57.0 Å². The van der Waals surface area contributed by atoms with Crippen molar-refractivity contribution in [1.29, 1.82) is 0 Å². The van der Waals surface area contributed by atoms with Crippen molar-refractivity contribution in [2.45, 2.75) is 37.4 Å². The number of ether oxygens (including phenoxy) is 1. The second-order valence-corrected chi connectivity index (χ2v) is 7.38. The zero-order chi connectivity index (χ0) is 17.4. The lowest BCUT2D eigenvalue weighted by Crippen LogP contribution is -2.51. The number of rotatable bonds is 2. The zero-order valence-electron chi connectivity index (χ0n) is 14.6. The molecule has 8 heteroatoms. The van der Waals surface area contributed by atoms with E-state index in [-0.39, 0.29) is 12.2 Å². The predicted molar refractivity (Wildman–Crippen MR) is 92.8 cm³/mol. The lowest BCUT2D eigenvalue weighted by Gasteiger charge is -2.39. The van der Waals surface area contributed by atoms with Crippen LogP contribution in [0.2, 0.25) is 0 Å². The summed E-state index contributed by atoms with van der Waals surface area (Å²) in [5.74, 6) is 1.78. The van der Waals surface area contributed by atoms with Crippen LogP contribution in [0.4, 0.5) is 16.4 Å². The number of aliphatic hydroxyl groups excluding tert-OH is 1. The maximum Gasteiger partial charge on any atom is 0.410 e. The molecule has 1 unspecified atom stereocenters. The van der Waals surface area contributed by atoms with Crippen molar-refractivity contribution in [2.75, 3.05) is 49.6 Å². The number of nitrogens with zero attached hydrogens (tertiary/aromatic N) is 5. The quantitative estimate of drug-likeness (QED) is 0.849. The van der Waals surface area contributed by atoms with E-state index >= 15 is 0 Å². The Bertz CT molecular complexity index is 649. The molecular weight excluding hydrogens is 322 g/mol. The van der Waals surface area contributed by atoms with Crippen molar-refractivity contribution >= 4 is 17.7 Å². The first-order valence-corrected chi connectivity index (χ1v) is 8.99. The van der Waals surface area contributed by atoms with Crippen molar-refractivity contribution in [3.8, 4) is 0 Å². The number of piperidine rings is 2. The summed E-state index contributed by atoms with van der Waals surface area (Å²) in [6.07, 6.45) is 4.57. The first kappa shape index (κ1) is 16.4. The Morgan fingerprint density at radius 2 is 1.88 bits per heavy atom. The second kappa shape index (κ2) is 6.33. The van der Waals surface area contributed by atoms with E-state index in [1.165, 1.54) is 0 Å². The van der Waals surface area contributed by atoms with Crippen LogP contribution in [0.25, 0.3) is 0 Å². The third kappa shape index (κ3) is 3.22. The molecule has 0 aliphatic carbocycles. The first-order valence-electron chi connectivity index (χ1n) is 8.99. The second-order valence-electron chi connectivity index (χ2n) is 7.38. The van der Waals surface area contributed by atoms with Gasteiger partial charge in [0, 0.05) is 32.7 Å². The number of carbonyl (C=O) groups excluding carboxylic acids is 1. The number of amides is 1. The lowest BCUT2D eigenvalue weighted by atomic mass is 9.93. The highest BCUT2D eigenvalue weighted by molar-refractivity contribution is 5.70. The van der Waals surface area contributed by atoms with Crippen LogP contribution < -0.4 is 9.80 Å². The third-order valence-electron chi connectivity index (χ3n) is 5.43. The lowest BCUT2D eigenvalue weighted by molar-refractivity contribution is 0.0445. The van der Waals surface area contributed by atoms with Gasteiger partial charge in [0.1, 0.15) is 23.6 Å². The standard InChI is InChI=1S/C17H25N5O3/c1-20-10-17(25-16(20)24)5-2-6-22(11-17)15-9-14(18-12-19-15)21-7-3-13(23)4-8-21/h9,12-13,23H,2-8,10-11H2,1H3. The first-order chi connectivity index (χ1) is 12.0. The van der Waals surface area contributed by atoms with E-state index < -0.39 is 5.60 Å². The Morgan fingerprint density at radius 1 is 1.16 bits per heavy atom. The van der Waals surface area contributed by atoms with Crippen LogP contribution >= 0.6 is 0 Å². The third-order valence-corrected chi connectivity index (χ3v) is 5.43.